The molecule has 1 N–H and O–H groups in total. The number of rotatable bonds is 1. The molecular formula is C9H6FIOS. The maximum atomic E-state index is 13.3. The van der Waals surface area contributed by atoms with Crippen LogP contribution in [0.25, 0.3) is 10.1 Å². The Labute approximate surface area is 92.3 Å². The molecule has 13 heavy (non-hydrogen) atoms. The normalized spacial score (nSPS) is 11.0. The molecule has 0 unspecified atom stereocenters. The van der Waals surface area contributed by atoms with Crippen LogP contribution in [0, 0.1) is 8.70 Å². The topological polar surface area (TPSA) is 20.2 Å². The monoisotopic (exact) mass is 308 g/mol. The third kappa shape index (κ3) is 1.70. The molecule has 4 heteroatoms. The summed E-state index contributed by atoms with van der Waals surface area (Å²) >= 11 is 3.69. The molecule has 0 aliphatic heterocycles. The van der Waals surface area contributed by atoms with E-state index in [2.05, 4.69) is 22.6 Å². The minimum absolute atomic E-state index is 0.110. The maximum absolute atomic E-state index is 13.3. The Kier molecular flexibility index (Phi) is 2.53. The molecule has 1 heterocycles. The zero-order valence-corrected chi connectivity index (χ0v) is 9.52. The van der Waals surface area contributed by atoms with Crippen LogP contribution in [0.4, 0.5) is 4.39 Å². The first kappa shape index (κ1) is 9.36. The van der Waals surface area contributed by atoms with E-state index in [1.165, 1.54) is 17.4 Å². The number of benzene rings is 1. The highest BCUT2D eigenvalue weighted by Gasteiger charge is 2.06. The van der Waals surface area contributed by atoms with Gasteiger partial charge in [-0.15, -0.1) is 11.3 Å². The Hall–Kier alpha value is -0.200. The van der Waals surface area contributed by atoms with E-state index in [1.807, 2.05) is 12.1 Å². The number of halogens is 2. The summed E-state index contributed by atoms with van der Waals surface area (Å²) in [7, 11) is 0. The van der Waals surface area contributed by atoms with Crippen molar-refractivity contribution >= 4 is 44.0 Å². The third-order valence-corrected chi connectivity index (χ3v) is 3.64. The van der Waals surface area contributed by atoms with Crippen LogP contribution in [-0.4, -0.2) is 5.11 Å². The Morgan fingerprint density at radius 3 is 2.85 bits per heavy atom. The summed E-state index contributed by atoms with van der Waals surface area (Å²) in [5.74, 6) is -0.249. The van der Waals surface area contributed by atoms with Gasteiger partial charge in [0.2, 0.25) is 0 Å². The molecule has 0 saturated carbocycles. The SMILES string of the molecule is OCc1cc(F)c2cc(I)sc2c1. The van der Waals surface area contributed by atoms with E-state index in [0.717, 1.165) is 7.58 Å². The molecule has 0 radical (unpaired) electrons. The lowest BCUT2D eigenvalue weighted by molar-refractivity contribution is 0.281. The van der Waals surface area contributed by atoms with Crippen LogP contribution >= 0.6 is 33.9 Å². The van der Waals surface area contributed by atoms with E-state index in [1.54, 1.807) is 0 Å². The second-order valence-corrected chi connectivity index (χ2v) is 5.68. The van der Waals surface area contributed by atoms with Crippen molar-refractivity contribution in [2.45, 2.75) is 6.61 Å². The lowest BCUT2D eigenvalue weighted by Crippen LogP contribution is -1.84. The van der Waals surface area contributed by atoms with Crippen molar-refractivity contribution in [2.75, 3.05) is 0 Å². The summed E-state index contributed by atoms with van der Waals surface area (Å²) in [5.41, 5.74) is 0.628. The van der Waals surface area contributed by atoms with Gasteiger partial charge < -0.3 is 5.11 Å². The molecule has 68 valence electrons. The molecule has 0 fully saturated rings. The van der Waals surface area contributed by atoms with Gasteiger partial charge in [0.1, 0.15) is 5.82 Å². The van der Waals surface area contributed by atoms with Crippen molar-refractivity contribution in [1.29, 1.82) is 0 Å². The van der Waals surface area contributed by atoms with E-state index in [0.29, 0.717) is 10.9 Å². The highest BCUT2D eigenvalue weighted by molar-refractivity contribution is 14.1. The molecule has 0 amide bonds. The summed E-state index contributed by atoms with van der Waals surface area (Å²) in [6.07, 6.45) is 0. The molecule has 0 saturated heterocycles. The fourth-order valence-corrected chi connectivity index (χ4v) is 3.10. The van der Waals surface area contributed by atoms with E-state index in [9.17, 15) is 4.39 Å². The molecular weight excluding hydrogens is 302 g/mol. The van der Waals surface area contributed by atoms with Crippen LogP contribution in [0.5, 0.6) is 0 Å². The van der Waals surface area contributed by atoms with E-state index in [4.69, 9.17) is 5.11 Å². The first-order chi connectivity index (χ1) is 6.20. The molecule has 0 atom stereocenters. The zero-order valence-electron chi connectivity index (χ0n) is 6.55. The molecule has 1 nitrogen and oxygen atoms in total. The van der Waals surface area contributed by atoms with Crippen LogP contribution < -0.4 is 0 Å². The van der Waals surface area contributed by atoms with Crippen LogP contribution in [0.15, 0.2) is 18.2 Å². The van der Waals surface area contributed by atoms with Crippen molar-refractivity contribution in [2.24, 2.45) is 0 Å². The second kappa shape index (κ2) is 3.51. The van der Waals surface area contributed by atoms with Gasteiger partial charge in [0.25, 0.3) is 0 Å². The Morgan fingerprint density at radius 1 is 1.38 bits per heavy atom. The highest BCUT2D eigenvalue weighted by Crippen LogP contribution is 2.29. The average molecular weight is 308 g/mol. The van der Waals surface area contributed by atoms with E-state index >= 15 is 0 Å². The lowest BCUT2D eigenvalue weighted by Gasteiger charge is -1.97. The van der Waals surface area contributed by atoms with Gasteiger partial charge in [0.05, 0.1) is 9.49 Å². The standard InChI is InChI=1S/C9H6FIOS/c10-7-1-5(4-12)2-8-6(7)3-9(11)13-8/h1-3,12H,4H2. The summed E-state index contributed by atoms with van der Waals surface area (Å²) in [6, 6.07) is 5.02. The smallest absolute Gasteiger partial charge is 0.132 e. The third-order valence-electron chi connectivity index (χ3n) is 1.80. The number of aliphatic hydroxyl groups is 1. The Morgan fingerprint density at radius 2 is 2.15 bits per heavy atom. The number of hydrogen-bond donors (Lipinski definition) is 1. The van der Waals surface area contributed by atoms with Crippen molar-refractivity contribution in [3.63, 3.8) is 0 Å². The fourth-order valence-electron chi connectivity index (χ4n) is 1.21. The van der Waals surface area contributed by atoms with Gasteiger partial charge in [-0.3, -0.25) is 0 Å². The number of fused-ring (bicyclic) bond motifs is 1. The van der Waals surface area contributed by atoms with Crippen LogP contribution in [-0.2, 0) is 6.61 Å². The molecule has 1 aromatic carbocycles. The quantitative estimate of drug-likeness (QED) is 0.803. The van der Waals surface area contributed by atoms with Gasteiger partial charge in [0.15, 0.2) is 0 Å². The molecule has 2 aromatic rings. The highest BCUT2D eigenvalue weighted by atomic mass is 127. The molecule has 0 spiro atoms. The van der Waals surface area contributed by atoms with Crippen molar-refractivity contribution in [3.8, 4) is 0 Å². The second-order valence-electron chi connectivity index (χ2n) is 2.70. The van der Waals surface area contributed by atoms with E-state index in [-0.39, 0.29) is 12.4 Å². The first-order valence-electron chi connectivity index (χ1n) is 3.69. The summed E-state index contributed by atoms with van der Waals surface area (Å²) in [6.45, 7) is -0.110. The van der Waals surface area contributed by atoms with Crippen LogP contribution in [0.2, 0.25) is 0 Å². The predicted molar refractivity (Wildman–Crippen MR) is 60.4 cm³/mol. The fraction of sp³-hybridized carbons (Fsp3) is 0.111. The predicted octanol–water partition coefficient (Wildman–Crippen LogP) is 3.14. The molecule has 1 aromatic heterocycles. The maximum Gasteiger partial charge on any atom is 0.132 e. The number of aliphatic hydroxyl groups excluding tert-OH is 1. The van der Waals surface area contributed by atoms with Crippen LogP contribution in [0.1, 0.15) is 5.56 Å². The minimum atomic E-state index is -0.249. The van der Waals surface area contributed by atoms with Crippen LogP contribution in [0.3, 0.4) is 0 Å². The lowest BCUT2D eigenvalue weighted by atomic mass is 10.2. The van der Waals surface area contributed by atoms with E-state index < -0.39 is 0 Å². The van der Waals surface area contributed by atoms with Crippen molar-refractivity contribution in [1.82, 2.24) is 0 Å². The number of hydrogen-bond acceptors (Lipinski definition) is 2. The van der Waals surface area contributed by atoms with Gasteiger partial charge in [-0.1, -0.05) is 0 Å². The molecule has 0 aliphatic rings. The van der Waals surface area contributed by atoms with Gasteiger partial charge >= 0.3 is 0 Å². The molecule has 0 aliphatic carbocycles. The van der Waals surface area contributed by atoms with Gasteiger partial charge in [-0.25, -0.2) is 4.39 Å². The number of thiophene rings is 1. The largest absolute Gasteiger partial charge is 0.392 e. The van der Waals surface area contributed by atoms with Gasteiger partial charge in [-0.05, 0) is 46.4 Å². The zero-order chi connectivity index (χ0) is 9.42. The van der Waals surface area contributed by atoms with Crippen molar-refractivity contribution < 1.29 is 9.50 Å². The first-order valence-corrected chi connectivity index (χ1v) is 5.58. The molecule has 0 bridgehead atoms. The Bertz CT molecular complexity index is 452. The van der Waals surface area contributed by atoms with Gasteiger partial charge in [0, 0.05) is 10.1 Å². The van der Waals surface area contributed by atoms with Gasteiger partial charge in [-0.2, -0.15) is 0 Å². The Balaban J connectivity index is 2.75. The van der Waals surface area contributed by atoms with Crippen molar-refractivity contribution in [3.05, 3.63) is 32.5 Å². The summed E-state index contributed by atoms with van der Waals surface area (Å²) < 4.78 is 15.3. The summed E-state index contributed by atoms with van der Waals surface area (Å²) in [4.78, 5) is 0. The molecule has 2 rings (SSSR count). The minimum Gasteiger partial charge on any atom is -0.392 e. The summed E-state index contributed by atoms with van der Waals surface area (Å²) in [5, 5.41) is 9.51. The average Bonchev–Trinajstić information content (AvgIpc) is 2.46.